The van der Waals surface area contributed by atoms with Crippen LogP contribution < -0.4 is 11.1 Å². The minimum atomic E-state index is -1.06. The first-order valence-electron chi connectivity index (χ1n) is 11.8. The molecule has 0 aromatic heterocycles. The quantitative estimate of drug-likeness (QED) is 0.488. The van der Waals surface area contributed by atoms with E-state index in [0.29, 0.717) is 24.2 Å². The van der Waals surface area contributed by atoms with Gasteiger partial charge in [0.25, 0.3) is 0 Å². The molecule has 1 aliphatic heterocycles. The molecule has 0 radical (unpaired) electrons. The Morgan fingerprint density at radius 3 is 2.50 bits per heavy atom. The number of likely N-dealkylation sites (tertiary alicyclic amines) is 1. The molecule has 9 atom stereocenters. The molecule has 4 N–H and O–H groups in total. The smallest absolute Gasteiger partial charge is 0.324 e. The molecule has 5 aliphatic carbocycles. The number of rotatable bonds is 7. The fourth-order valence-corrected chi connectivity index (χ4v) is 7.81. The summed E-state index contributed by atoms with van der Waals surface area (Å²) in [6, 6.07) is 0.442. The van der Waals surface area contributed by atoms with Crippen molar-refractivity contribution in [2.24, 2.45) is 28.9 Å². The molecular formula is C23H32N4O5. The van der Waals surface area contributed by atoms with E-state index in [0.717, 1.165) is 44.9 Å². The van der Waals surface area contributed by atoms with Crippen LogP contribution in [0.2, 0.25) is 0 Å². The number of esters is 1. The first-order valence-corrected chi connectivity index (χ1v) is 11.8. The summed E-state index contributed by atoms with van der Waals surface area (Å²) in [4.78, 5) is 39.3. The van der Waals surface area contributed by atoms with Gasteiger partial charge in [0.2, 0.25) is 5.91 Å². The third-order valence-corrected chi connectivity index (χ3v) is 8.82. The summed E-state index contributed by atoms with van der Waals surface area (Å²) in [5, 5.41) is 21.4. The highest BCUT2D eigenvalue weighted by atomic mass is 16.6. The minimum Gasteiger partial charge on any atom is -0.481 e. The number of amides is 1. The summed E-state index contributed by atoms with van der Waals surface area (Å²) in [6.07, 6.45) is 6.15. The highest BCUT2D eigenvalue weighted by Crippen LogP contribution is 2.64. The predicted octanol–water partition coefficient (Wildman–Crippen LogP) is 0.772. The highest BCUT2D eigenvalue weighted by molar-refractivity contribution is 5.85. The topological polar surface area (TPSA) is 146 Å². The van der Waals surface area contributed by atoms with Crippen molar-refractivity contribution < 1.29 is 24.2 Å². The Hall–Kier alpha value is -2.18. The molecule has 6 rings (SSSR count). The maximum atomic E-state index is 13.5. The van der Waals surface area contributed by atoms with E-state index in [-0.39, 0.29) is 24.4 Å². The number of nitrogens with one attached hydrogen (secondary N) is 1. The van der Waals surface area contributed by atoms with Gasteiger partial charge in [-0.3, -0.25) is 14.4 Å². The average Bonchev–Trinajstić information content (AvgIpc) is 3.39. The monoisotopic (exact) mass is 444 g/mol. The van der Waals surface area contributed by atoms with Crippen LogP contribution in [0, 0.1) is 34.5 Å². The zero-order valence-corrected chi connectivity index (χ0v) is 18.5. The lowest BCUT2D eigenvalue weighted by atomic mass is 9.46. The number of carbonyl (C=O) groups is 3. The number of fused-ring (bicyclic) bond motifs is 1. The van der Waals surface area contributed by atoms with E-state index in [1.54, 1.807) is 11.9 Å². The lowest BCUT2D eigenvalue weighted by molar-refractivity contribution is -0.208. The van der Waals surface area contributed by atoms with Gasteiger partial charge in [-0.05, 0) is 81.6 Å². The Kier molecular flexibility index (Phi) is 5.02. The number of carboxylic acid groups (broad SMARTS) is 1. The Morgan fingerprint density at radius 1 is 1.22 bits per heavy atom. The van der Waals surface area contributed by atoms with Crippen molar-refractivity contribution in [2.45, 2.75) is 87.6 Å². The van der Waals surface area contributed by atoms with Gasteiger partial charge >= 0.3 is 11.9 Å². The molecule has 5 saturated carbocycles. The molecule has 4 bridgehead atoms. The molecule has 9 heteroatoms. The SMILES string of the molecule is CN[C@@H](CC(=O)O)C(=O)OC12CC3C[C@H](C1)CC([C@H](N)C(=O)N1C4CC4C[C@H]1C#N)(C3)C2. The van der Waals surface area contributed by atoms with Gasteiger partial charge in [0.15, 0.2) is 0 Å². The number of likely N-dealkylation sites (N-methyl/N-ethyl adjacent to an activating group) is 1. The first-order chi connectivity index (χ1) is 15.2. The van der Waals surface area contributed by atoms with Gasteiger partial charge in [-0.2, -0.15) is 5.26 Å². The predicted molar refractivity (Wildman–Crippen MR) is 112 cm³/mol. The van der Waals surface area contributed by atoms with Gasteiger partial charge in [0, 0.05) is 6.04 Å². The van der Waals surface area contributed by atoms with Crippen LogP contribution in [0.25, 0.3) is 0 Å². The summed E-state index contributed by atoms with van der Waals surface area (Å²) >= 11 is 0. The second kappa shape index (κ2) is 7.42. The number of aliphatic carboxylic acids is 1. The molecule has 1 saturated heterocycles. The van der Waals surface area contributed by atoms with Gasteiger partial charge in [-0.1, -0.05) is 0 Å². The number of carboxylic acids is 1. The number of hydrogen-bond acceptors (Lipinski definition) is 7. The van der Waals surface area contributed by atoms with Gasteiger partial charge in [-0.25, -0.2) is 0 Å². The van der Waals surface area contributed by atoms with E-state index < -0.39 is 35.0 Å². The number of nitriles is 1. The van der Waals surface area contributed by atoms with Crippen molar-refractivity contribution in [3.63, 3.8) is 0 Å². The van der Waals surface area contributed by atoms with Gasteiger partial charge in [0.05, 0.1) is 18.5 Å². The van der Waals surface area contributed by atoms with Crippen molar-refractivity contribution in [1.29, 1.82) is 5.26 Å². The lowest BCUT2D eigenvalue weighted by Crippen LogP contribution is -2.66. The zero-order valence-electron chi connectivity index (χ0n) is 18.5. The molecule has 32 heavy (non-hydrogen) atoms. The second-order valence-electron chi connectivity index (χ2n) is 11.0. The Morgan fingerprint density at radius 2 is 1.91 bits per heavy atom. The van der Waals surface area contributed by atoms with Crippen molar-refractivity contribution in [3.8, 4) is 6.07 Å². The van der Waals surface area contributed by atoms with Crippen LogP contribution in [0.3, 0.4) is 0 Å². The third-order valence-electron chi connectivity index (χ3n) is 8.82. The molecule has 1 heterocycles. The number of ether oxygens (including phenoxy) is 1. The maximum Gasteiger partial charge on any atom is 0.324 e. The fourth-order valence-electron chi connectivity index (χ4n) is 7.81. The maximum absolute atomic E-state index is 13.5. The van der Waals surface area contributed by atoms with E-state index in [2.05, 4.69) is 11.4 Å². The van der Waals surface area contributed by atoms with Crippen LogP contribution in [0.1, 0.15) is 57.8 Å². The van der Waals surface area contributed by atoms with Crippen LogP contribution >= 0.6 is 0 Å². The average molecular weight is 445 g/mol. The molecule has 0 aromatic rings. The normalized spacial score (nSPS) is 42.7. The molecule has 6 fully saturated rings. The Labute approximate surface area is 187 Å². The molecule has 6 aliphatic rings. The van der Waals surface area contributed by atoms with Crippen molar-refractivity contribution >= 4 is 17.8 Å². The lowest BCUT2D eigenvalue weighted by Gasteiger charge is -2.62. The Balaban J connectivity index is 1.36. The number of piperidine rings is 1. The molecule has 174 valence electrons. The van der Waals surface area contributed by atoms with E-state index in [1.807, 2.05) is 0 Å². The summed E-state index contributed by atoms with van der Waals surface area (Å²) in [5.74, 6) is -0.608. The van der Waals surface area contributed by atoms with Gasteiger partial charge < -0.3 is 25.8 Å². The van der Waals surface area contributed by atoms with E-state index in [4.69, 9.17) is 15.6 Å². The van der Waals surface area contributed by atoms with Crippen molar-refractivity contribution in [2.75, 3.05) is 7.05 Å². The number of nitrogens with two attached hydrogens (primary N) is 1. The first kappa shape index (κ1) is 21.7. The van der Waals surface area contributed by atoms with Crippen LogP contribution in [0.4, 0.5) is 0 Å². The Bertz CT molecular complexity index is 870. The molecular weight excluding hydrogens is 412 g/mol. The molecule has 1 amide bonds. The number of hydrogen-bond donors (Lipinski definition) is 3. The number of nitrogens with zero attached hydrogens (tertiary/aromatic N) is 2. The van der Waals surface area contributed by atoms with Gasteiger partial charge in [-0.15, -0.1) is 0 Å². The summed E-state index contributed by atoms with van der Waals surface area (Å²) in [5.41, 5.74) is 5.58. The summed E-state index contributed by atoms with van der Waals surface area (Å²) in [7, 11) is 1.55. The second-order valence-corrected chi connectivity index (χ2v) is 11.0. The summed E-state index contributed by atoms with van der Waals surface area (Å²) in [6.45, 7) is 0. The largest absolute Gasteiger partial charge is 0.481 e. The van der Waals surface area contributed by atoms with E-state index in [1.165, 1.54) is 0 Å². The summed E-state index contributed by atoms with van der Waals surface area (Å²) < 4.78 is 6.06. The van der Waals surface area contributed by atoms with Crippen molar-refractivity contribution in [3.05, 3.63) is 0 Å². The van der Waals surface area contributed by atoms with Crippen LogP contribution in [-0.4, -0.2) is 64.7 Å². The minimum absolute atomic E-state index is 0.121. The van der Waals surface area contributed by atoms with Crippen molar-refractivity contribution in [1.82, 2.24) is 10.2 Å². The van der Waals surface area contributed by atoms with Crippen LogP contribution in [-0.2, 0) is 19.1 Å². The molecule has 0 aromatic carbocycles. The van der Waals surface area contributed by atoms with Crippen LogP contribution in [0.15, 0.2) is 0 Å². The molecule has 9 nitrogen and oxygen atoms in total. The highest BCUT2D eigenvalue weighted by Gasteiger charge is 2.64. The van der Waals surface area contributed by atoms with Crippen LogP contribution in [0.5, 0.6) is 0 Å². The fraction of sp³-hybridized carbons (Fsp3) is 0.826. The van der Waals surface area contributed by atoms with E-state index in [9.17, 15) is 19.6 Å². The zero-order chi connectivity index (χ0) is 22.8. The van der Waals surface area contributed by atoms with E-state index >= 15 is 0 Å². The third kappa shape index (κ3) is 3.39. The molecule has 5 unspecified atom stereocenters. The standard InChI is InChI=1S/C23H32N4O5/c1-26-16(5-18(28)29)21(31)32-23-8-12-2-13(9-23)7-22(6-12,11-23)19(25)20(30)27-15(10-24)3-14-4-17(14)27/h12-17,19,26H,2-9,11,25H2,1H3,(H,28,29)/t12-,13?,14?,15-,16-,17?,19+,22?,23?/m0/s1. The number of carbonyl (C=O) groups excluding carboxylic acids is 2. The molecule has 0 spiro atoms. The van der Waals surface area contributed by atoms with Gasteiger partial charge in [0.1, 0.15) is 17.7 Å².